The Hall–Kier alpha value is -0.150. The topological polar surface area (TPSA) is 12.5 Å². The van der Waals surface area contributed by atoms with Gasteiger partial charge < -0.3 is 4.74 Å². The lowest BCUT2D eigenvalue weighted by atomic mass is 9.95. The first-order chi connectivity index (χ1) is 7.69. The van der Waals surface area contributed by atoms with Gasteiger partial charge in [-0.15, -0.1) is 0 Å². The van der Waals surface area contributed by atoms with Crippen molar-refractivity contribution in [2.24, 2.45) is 0 Å². The fraction of sp³-hybridized carbons (Fsp3) is 1.00. The molecule has 0 unspecified atom stereocenters. The molecule has 0 N–H and O–H groups in total. The minimum absolute atomic E-state index is 0.00599. The summed E-state index contributed by atoms with van der Waals surface area (Å²) in [4.78, 5) is 1.77. The Bertz CT molecular complexity index is 311. The zero-order valence-electron chi connectivity index (χ0n) is 11.8. The second-order valence-electron chi connectivity index (χ2n) is 4.52. The van der Waals surface area contributed by atoms with Gasteiger partial charge in [-0.3, -0.25) is 4.90 Å². The number of alkyl halides is 1. The van der Waals surface area contributed by atoms with E-state index in [2.05, 4.69) is 0 Å². The predicted molar refractivity (Wildman–Crippen MR) is 54.1 cm³/mol. The Kier molecular flexibility index (Phi) is 1.94. The molecule has 0 saturated carbocycles. The molecule has 0 radical (unpaired) electrons. The second-order valence-corrected chi connectivity index (χ2v) is 4.52. The van der Waals surface area contributed by atoms with E-state index in [0.29, 0.717) is 13.0 Å². The van der Waals surface area contributed by atoms with Crippen LogP contribution < -0.4 is 0 Å². The van der Waals surface area contributed by atoms with Crippen molar-refractivity contribution in [1.82, 2.24) is 4.90 Å². The van der Waals surface area contributed by atoms with Crippen LogP contribution in [0.25, 0.3) is 0 Å². The highest BCUT2D eigenvalue weighted by atomic mass is 19.1. The molecule has 0 amide bonds. The molecule has 2 aliphatic rings. The van der Waals surface area contributed by atoms with Gasteiger partial charge in [-0.05, 0) is 33.2 Å². The van der Waals surface area contributed by atoms with Gasteiger partial charge in [0, 0.05) is 18.5 Å². The van der Waals surface area contributed by atoms with Crippen molar-refractivity contribution >= 4 is 0 Å². The highest BCUT2D eigenvalue weighted by Crippen LogP contribution is 2.40. The number of hydrogen-bond donors (Lipinski definition) is 0. The van der Waals surface area contributed by atoms with Crippen LogP contribution in [0.3, 0.4) is 0 Å². The lowest BCUT2D eigenvalue weighted by molar-refractivity contribution is 0.00276. The van der Waals surface area contributed by atoms with Crippen molar-refractivity contribution in [3.05, 3.63) is 0 Å². The molecule has 2 saturated heterocycles. The minimum atomic E-state index is -2.05. The highest BCUT2D eigenvalue weighted by molar-refractivity contribution is 5.03. The number of halogens is 1. The average Bonchev–Trinajstić information content (AvgIpc) is 2.54. The summed E-state index contributed by atoms with van der Waals surface area (Å²) >= 11 is 0. The van der Waals surface area contributed by atoms with E-state index in [1.54, 1.807) is 18.7 Å². The maximum atomic E-state index is 13.8. The SMILES string of the molecule is [2H]C([2H])(OC(C)C)[C@@]12CCCN1C[C@]([2H])(F)C2. The molecule has 2 atom stereocenters. The molecule has 0 aromatic heterocycles. The van der Waals surface area contributed by atoms with E-state index < -0.39 is 18.2 Å². The predicted octanol–water partition coefficient (Wildman–Crippen LogP) is 1.99. The van der Waals surface area contributed by atoms with Gasteiger partial charge in [-0.1, -0.05) is 0 Å². The summed E-state index contributed by atoms with van der Waals surface area (Å²) in [5.41, 5.74) is -0.951. The van der Waals surface area contributed by atoms with Gasteiger partial charge in [0.25, 0.3) is 0 Å². The first kappa shape index (κ1) is 7.18. The smallest absolute Gasteiger partial charge is 0.115 e. The van der Waals surface area contributed by atoms with E-state index in [0.717, 1.165) is 6.42 Å². The molecule has 2 fully saturated rings. The molecule has 0 aliphatic carbocycles. The Morgan fingerprint density at radius 1 is 1.79 bits per heavy atom. The summed E-state index contributed by atoms with van der Waals surface area (Å²) in [6.07, 6.45) is -0.982. The molecular weight excluding hydrogens is 181 g/mol. The van der Waals surface area contributed by atoms with Crippen LogP contribution in [0.2, 0.25) is 0 Å². The van der Waals surface area contributed by atoms with Crippen LogP contribution in [-0.2, 0) is 4.74 Å². The van der Waals surface area contributed by atoms with Crippen LogP contribution >= 0.6 is 0 Å². The first-order valence-corrected chi connectivity index (χ1v) is 5.30. The second kappa shape index (κ2) is 3.78. The van der Waals surface area contributed by atoms with Crippen molar-refractivity contribution in [2.45, 2.75) is 50.9 Å². The van der Waals surface area contributed by atoms with Gasteiger partial charge in [-0.25, -0.2) is 4.39 Å². The Morgan fingerprint density at radius 2 is 2.57 bits per heavy atom. The molecule has 0 aromatic rings. The first-order valence-electron chi connectivity index (χ1n) is 6.80. The van der Waals surface area contributed by atoms with Crippen LogP contribution in [0.1, 0.15) is 37.2 Å². The third-order valence-corrected chi connectivity index (χ3v) is 2.96. The summed E-state index contributed by atoms with van der Waals surface area (Å²) in [6.45, 7) is 2.30. The Morgan fingerprint density at radius 3 is 3.29 bits per heavy atom. The van der Waals surface area contributed by atoms with Gasteiger partial charge in [0.1, 0.15) is 6.15 Å². The van der Waals surface area contributed by atoms with E-state index in [4.69, 9.17) is 8.85 Å². The van der Waals surface area contributed by atoms with Crippen molar-refractivity contribution in [1.29, 1.82) is 0 Å². The van der Waals surface area contributed by atoms with Crippen molar-refractivity contribution in [2.75, 3.05) is 19.6 Å². The molecule has 0 aromatic carbocycles. The zero-order chi connectivity index (χ0) is 12.9. The normalized spacial score (nSPS) is 47.6. The molecule has 2 nitrogen and oxygen atoms in total. The maximum Gasteiger partial charge on any atom is 0.115 e. The van der Waals surface area contributed by atoms with Gasteiger partial charge in [0.15, 0.2) is 0 Å². The molecule has 2 rings (SSSR count). The maximum absolute atomic E-state index is 13.8. The van der Waals surface area contributed by atoms with Crippen LogP contribution in [0.5, 0.6) is 0 Å². The molecule has 2 aliphatic heterocycles. The Balaban J connectivity index is 2.27. The van der Waals surface area contributed by atoms with Gasteiger partial charge in [-0.2, -0.15) is 0 Å². The summed E-state index contributed by atoms with van der Waals surface area (Å²) in [7, 11) is 0. The molecule has 2 heterocycles. The van der Waals surface area contributed by atoms with Crippen LogP contribution in [0.4, 0.5) is 4.39 Å². The van der Waals surface area contributed by atoms with E-state index in [9.17, 15) is 4.39 Å². The number of fused-ring (bicyclic) bond motifs is 1. The third-order valence-electron chi connectivity index (χ3n) is 2.96. The van der Waals surface area contributed by atoms with E-state index in [-0.39, 0.29) is 19.1 Å². The fourth-order valence-electron chi connectivity index (χ4n) is 2.32. The number of rotatable bonds is 3. The van der Waals surface area contributed by atoms with E-state index in [1.807, 2.05) is 0 Å². The summed E-state index contributed by atoms with van der Waals surface area (Å²) < 4.78 is 43.0. The number of ether oxygens (including phenoxy) is 1. The van der Waals surface area contributed by atoms with Crippen LogP contribution in [0, 0.1) is 0 Å². The molecule has 3 heteroatoms. The third kappa shape index (κ3) is 1.80. The zero-order valence-corrected chi connectivity index (χ0v) is 8.85. The number of nitrogens with zero attached hydrogens (tertiary/aromatic N) is 1. The Labute approximate surface area is 89.6 Å². The molecule has 14 heavy (non-hydrogen) atoms. The molecule has 82 valence electrons. The van der Waals surface area contributed by atoms with Crippen LogP contribution in [0.15, 0.2) is 0 Å². The minimum Gasteiger partial charge on any atom is -0.377 e. The monoisotopic (exact) mass is 204 g/mol. The fourth-order valence-corrected chi connectivity index (χ4v) is 2.32. The number of hydrogen-bond acceptors (Lipinski definition) is 2. The van der Waals surface area contributed by atoms with Crippen LogP contribution in [-0.4, -0.2) is 42.3 Å². The van der Waals surface area contributed by atoms with Crippen molar-refractivity contribution in [3.63, 3.8) is 0 Å². The largest absolute Gasteiger partial charge is 0.377 e. The van der Waals surface area contributed by atoms with Crippen molar-refractivity contribution < 1.29 is 13.2 Å². The molecule has 0 spiro atoms. The van der Waals surface area contributed by atoms with Crippen molar-refractivity contribution in [3.8, 4) is 0 Å². The van der Waals surface area contributed by atoms with Gasteiger partial charge in [0.05, 0.1) is 16.8 Å². The summed E-state index contributed by atoms with van der Waals surface area (Å²) in [5, 5.41) is 0. The lowest BCUT2D eigenvalue weighted by Crippen LogP contribution is -2.43. The lowest BCUT2D eigenvalue weighted by Gasteiger charge is -2.32. The quantitative estimate of drug-likeness (QED) is 0.697. The average molecular weight is 204 g/mol. The standard InChI is InChI=1S/C11H20FNO/c1-9(2)14-8-11-4-3-5-13(11)7-10(12)6-11/h9-10H,3-8H2,1-2H3/t10-,11+/m1/s1/i8D2,10D. The molecular formula is C11H20FNO. The van der Waals surface area contributed by atoms with Gasteiger partial charge in [0.2, 0.25) is 0 Å². The summed E-state index contributed by atoms with van der Waals surface area (Å²) in [5.74, 6) is 0. The van der Waals surface area contributed by atoms with E-state index in [1.165, 1.54) is 0 Å². The molecule has 0 bridgehead atoms. The van der Waals surface area contributed by atoms with Gasteiger partial charge >= 0.3 is 0 Å². The highest BCUT2D eigenvalue weighted by Gasteiger charge is 2.48. The summed E-state index contributed by atoms with van der Waals surface area (Å²) in [6, 6.07) is 0. The van der Waals surface area contributed by atoms with E-state index >= 15 is 0 Å².